The third-order valence-corrected chi connectivity index (χ3v) is 4.14. The Balaban J connectivity index is 2.30. The van der Waals surface area contributed by atoms with Crippen LogP contribution >= 0.6 is 0 Å². The summed E-state index contributed by atoms with van der Waals surface area (Å²) in [5, 5.41) is 0. The molecule has 2 aromatic rings. The van der Waals surface area contributed by atoms with E-state index in [2.05, 4.69) is 0 Å². The topological polar surface area (TPSA) is 90.3 Å². The molecule has 0 radical (unpaired) electrons. The first-order chi connectivity index (χ1) is 11.9. The standard InChI is InChI=1S/C18H24N4O3/c1-4-10-22(11-13-8-6-5-7-9-13)12-14(23)15-16(19)20(2)18(25)21(3)17(15)24/h5-9H,4,10-12,19H2,1-3H3. The smallest absolute Gasteiger partial charge is 0.332 e. The van der Waals surface area contributed by atoms with Gasteiger partial charge in [-0.25, -0.2) is 4.79 Å². The molecule has 1 aromatic carbocycles. The molecular weight excluding hydrogens is 320 g/mol. The summed E-state index contributed by atoms with van der Waals surface area (Å²) in [5.41, 5.74) is 5.63. The summed E-state index contributed by atoms with van der Waals surface area (Å²) in [6.45, 7) is 3.42. The molecule has 0 aliphatic heterocycles. The number of carbonyl (C=O) groups excluding carboxylic acids is 1. The molecular formula is C18H24N4O3. The van der Waals surface area contributed by atoms with Crippen molar-refractivity contribution in [3.63, 3.8) is 0 Å². The van der Waals surface area contributed by atoms with E-state index in [4.69, 9.17) is 5.73 Å². The van der Waals surface area contributed by atoms with Gasteiger partial charge in [-0.1, -0.05) is 37.3 Å². The van der Waals surface area contributed by atoms with Gasteiger partial charge in [-0.2, -0.15) is 0 Å². The molecule has 7 heteroatoms. The summed E-state index contributed by atoms with van der Waals surface area (Å²) in [6, 6.07) is 9.82. The predicted molar refractivity (Wildman–Crippen MR) is 97.7 cm³/mol. The second-order valence-corrected chi connectivity index (χ2v) is 6.09. The van der Waals surface area contributed by atoms with Crippen LogP contribution in [0.1, 0.15) is 29.3 Å². The molecule has 1 aromatic heterocycles. The number of benzene rings is 1. The van der Waals surface area contributed by atoms with Gasteiger partial charge in [-0.15, -0.1) is 0 Å². The Hall–Kier alpha value is -2.67. The van der Waals surface area contributed by atoms with E-state index in [0.717, 1.165) is 21.1 Å². The zero-order valence-electron chi connectivity index (χ0n) is 14.9. The van der Waals surface area contributed by atoms with Crippen molar-refractivity contribution in [3.8, 4) is 0 Å². The van der Waals surface area contributed by atoms with E-state index >= 15 is 0 Å². The number of anilines is 1. The van der Waals surface area contributed by atoms with Gasteiger partial charge in [-0.3, -0.25) is 23.6 Å². The Morgan fingerprint density at radius 3 is 2.36 bits per heavy atom. The van der Waals surface area contributed by atoms with Gasteiger partial charge in [0.15, 0.2) is 5.78 Å². The summed E-state index contributed by atoms with van der Waals surface area (Å²) in [7, 11) is 2.79. The Bertz CT molecular complexity index is 868. The third kappa shape index (κ3) is 4.06. The fraction of sp³-hybridized carbons (Fsp3) is 0.389. The molecule has 0 spiro atoms. The molecule has 0 unspecified atom stereocenters. The summed E-state index contributed by atoms with van der Waals surface area (Å²) < 4.78 is 2.03. The van der Waals surface area contributed by atoms with E-state index in [1.165, 1.54) is 14.1 Å². The normalized spacial score (nSPS) is 11.0. The van der Waals surface area contributed by atoms with Gasteiger partial charge < -0.3 is 5.73 Å². The lowest BCUT2D eigenvalue weighted by Crippen LogP contribution is -2.43. The first-order valence-corrected chi connectivity index (χ1v) is 8.21. The SMILES string of the molecule is CCCN(CC(=O)c1c(N)n(C)c(=O)n(C)c1=O)Cc1ccccc1. The minimum atomic E-state index is -0.651. The maximum absolute atomic E-state index is 12.7. The summed E-state index contributed by atoms with van der Waals surface area (Å²) in [6.07, 6.45) is 0.876. The van der Waals surface area contributed by atoms with Gasteiger partial charge in [0.25, 0.3) is 5.56 Å². The summed E-state index contributed by atoms with van der Waals surface area (Å²) in [5.74, 6) is -0.465. The number of carbonyl (C=O) groups is 1. The largest absolute Gasteiger partial charge is 0.384 e. The number of nitrogen functional groups attached to an aromatic ring is 1. The zero-order chi connectivity index (χ0) is 18.6. The van der Waals surface area contributed by atoms with Crippen molar-refractivity contribution in [1.82, 2.24) is 14.0 Å². The molecule has 134 valence electrons. The molecule has 0 fully saturated rings. The maximum Gasteiger partial charge on any atom is 0.332 e. The van der Waals surface area contributed by atoms with E-state index < -0.39 is 11.2 Å². The Morgan fingerprint density at radius 1 is 1.12 bits per heavy atom. The second-order valence-electron chi connectivity index (χ2n) is 6.09. The molecule has 7 nitrogen and oxygen atoms in total. The van der Waals surface area contributed by atoms with Gasteiger partial charge in [0.1, 0.15) is 11.4 Å². The highest BCUT2D eigenvalue weighted by molar-refractivity contribution is 6.01. The molecule has 0 saturated heterocycles. The van der Waals surface area contributed by atoms with Crippen molar-refractivity contribution < 1.29 is 4.79 Å². The average Bonchev–Trinajstić information content (AvgIpc) is 2.59. The highest BCUT2D eigenvalue weighted by Crippen LogP contribution is 2.09. The fourth-order valence-electron chi connectivity index (χ4n) is 2.78. The molecule has 2 rings (SSSR count). The van der Waals surface area contributed by atoms with Gasteiger partial charge in [0, 0.05) is 20.6 Å². The van der Waals surface area contributed by atoms with Crippen LogP contribution in [0, 0.1) is 0 Å². The Labute approximate surface area is 146 Å². The number of nitrogens with two attached hydrogens (primary N) is 1. The van der Waals surface area contributed by atoms with E-state index in [-0.39, 0.29) is 23.7 Å². The Morgan fingerprint density at radius 2 is 1.76 bits per heavy atom. The third-order valence-electron chi connectivity index (χ3n) is 4.14. The van der Waals surface area contributed by atoms with Crippen molar-refractivity contribution in [2.24, 2.45) is 14.1 Å². The summed E-state index contributed by atoms with van der Waals surface area (Å²) in [4.78, 5) is 38.9. The monoisotopic (exact) mass is 344 g/mol. The molecule has 2 N–H and O–H groups in total. The summed E-state index contributed by atoms with van der Waals surface area (Å²) >= 11 is 0. The molecule has 0 amide bonds. The first kappa shape index (κ1) is 18.7. The van der Waals surface area contributed by atoms with E-state index in [9.17, 15) is 14.4 Å². The molecule has 0 saturated carbocycles. The van der Waals surface area contributed by atoms with Crippen LogP contribution in [0.3, 0.4) is 0 Å². The highest BCUT2D eigenvalue weighted by Gasteiger charge is 2.22. The van der Waals surface area contributed by atoms with Crippen LogP contribution in [0.25, 0.3) is 0 Å². The lowest BCUT2D eigenvalue weighted by atomic mass is 10.1. The molecule has 0 aliphatic rings. The van der Waals surface area contributed by atoms with Crippen molar-refractivity contribution in [2.75, 3.05) is 18.8 Å². The first-order valence-electron chi connectivity index (χ1n) is 8.21. The van der Waals surface area contributed by atoms with Gasteiger partial charge in [-0.05, 0) is 18.5 Å². The second kappa shape index (κ2) is 7.94. The number of aromatic nitrogens is 2. The maximum atomic E-state index is 12.7. The van der Waals surface area contributed by atoms with E-state index in [0.29, 0.717) is 13.1 Å². The van der Waals surface area contributed by atoms with Gasteiger partial charge in [0.2, 0.25) is 0 Å². The number of nitrogens with zero attached hydrogens (tertiary/aromatic N) is 3. The molecule has 0 aliphatic carbocycles. The van der Waals surface area contributed by atoms with E-state index in [1.807, 2.05) is 42.2 Å². The molecule has 0 bridgehead atoms. The van der Waals surface area contributed by atoms with Gasteiger partial charge >= 0.3 is 5.69 Å². The highest BCUT2D eigenvalue weighted by atomic mass is 16.2. The van der Waals surface area contributed by atoms with Crippen LogP contribution in [-0.4, -0.2) is 32.9 Å². The molecule has 25 heavy (non-hydrogen) atoms. The van der Waals surface area contributed by atoms with Crippen molar-refractivity contribution in [1.29, 1.82) is 0 Å². The van der Waals surface area contributed by atoms with Crippen LogP contribution in [-0.2, 0) is 20.6 Å². The van der Waals surface area contributed by atoms with Crippen molar-refractivity contribution in [3.05, 3.63) is 62.3 Å². The van der Waals surface area contributed by atoms with Crippen LogP contribution in [0.4, 0.5) is 5.82 Å². The van der Waals surface area contributed by atoms with Crippen molar-refractivity contribution >= 4 is 11.6 Å². The number of hydrogen-bond donors (Lipinski definition) is 1. The number of Topliss-reactive ketones (excluding diaryl/α,β-unsaturated/α-hetero) is 1. The minimum Gasteiger partial charge on any atom is -0.384 e. The molecule has 1 heterocycles. The lowest BCUT2D eigenvalue weighted by Gasteiger charge is -2.21. The fourth-order valence-corrected chi connectivity index (χ4v) is 2.78. The number of ketones is 1. The van der Waals surface area contributed by atoms with Crippen LogP contribution in [0.2, 0.25) is 0 Å². The van der Waals surface area contributed by atoms with Gasteiger partial charge in [0.05, 0.1) is 6.54 Å². The van der Waals surface area contributed by atoms with Crippen LogP contribution in [0.15, 0.2) is 39.9 Å². The van der Waals surface area contributed by atoms with Crippen molar-refractivity contribution in [2.45, 2.75) is 19.9 Å². The van der Waals surface area contributed by atoms with Crippen LogP contribution < -0.4 is 17.0 Å². The average molecular weight is 344 g/mol. The quantitative estimate of drug-likeness (QED) is 0.749. The van der Waals surface area contributed by atoms with E-state index in [1.54, 1.807) is 0 Å². The number of rotatable bonds is 7. The Kier molecular flexibility index (Phi) is 5.93. The number of hydrogen-bond acceptors (Lipinski definition) is 5. The van der Waals surface area contributed by atoms with Crippen LogP contribution in [0.5, 0.6) is 0 Å². The molecule has 0 atom stereocenters. The minimum absolute atomic E-state index is 0.0698. The lowest BCUT2D eigenvalue weighted by molar-refractivity contribution is 0.0923. The predicted octanol–water partition coefficient (Wildman–Crippen LogP) is 0.761. The zero-order valence-corrected chi connectivity index (χ0v) is 14.9.